The maximum atomic E-state index is 10.2. The molecule has 7 atom stereocenters. The molecule has 0 bridgehead atoms. The number of fused-ring (bicyclic) bond motifs is 1. The molecule has 3 nitrogen and oxygen atoms in total. The smallest absolute Gasteiger partial charge is 0.0811 e. The molecule has 4 fully saturated rings. The van der Waals surface area contributed by atoms with Crippen LogP contribution < -0.4 is 0 Å². The molecule has 0 aliphatic heterocycles. The predicted octanol–water partition coefficient (Wildman–Crippen LogP) is 5.09. The molecular weight excluding hydrogens is 372 g/mol. The Morgan fingerprint density at radius 2 is 1.87 bits per heavy atom. The van der Waals surface area contributed by atoms with Gasteiger partial charge in [0.1, 0.15) is 0 Å². The van der Waals surface area contributed by atoms with Gasteiger partial charge >= 0.3 is 0 Å². The third kappa shape index (κ3) is 4.40. The van der Waals surface area contributed by atoms with Crippen molar-refractivity contribution in [1.82, 2.24) is 0 Å². The van der Waals surface area contributed by atoms with Crippen LogP contribution in [0.1, 0.15) is 71.6 Å². The second-order valence-corrected chi connectivity index (χ2v) is 10.7. The van der Waals surface area contributed by atoms with Gasteiger partial charge in [0, 0.05) is 6.42 Å². The fraction of sp³-hybridized carbons (Fsp3) is 0.704. The lowest BCUT2D eigenvalue weighted by atomic mass is 9.61. The minimum atomic E-state index is -0.621. The summed E-state index contributed by atoms with van der Waals surface area (Å²) in [6.07, 6.45) is 16.9. The van der Waals surface area contributed by atoms with Crippen LogP contribution in [0.3, 0.4) is 0 Å². The van der Waals surface area contributed by atoms with Crippen molar-refractivity contribution in [3.05, 3.63) is 47.6 Å². The van der Waals surface area contributed by atoms with Crippen molar-refractivity contribution in [3.63, 3.8) is 0 Å². The van der Waals surface area contributed by atoms with E-state index in [1.165, 1.54) is 44.1 Å². The van der Waals surface area contributed by atoms with E-state index in [1.54, 1.807) is 0 Å². The van der Waals surface area contributed by atoms with E-state index in [2.05, 4.69) is 44.7 Å². The molecule has 0 unspecified atom stereocenters. The monoisotopic (exact) mass is 412 g/mol. The largest absolute Gasteiger partial charge is 0.393 e. The molecular formula is C27H40O3. The molecule has 30 heavy (non-hydrogen) atoms. The molecule has 0 heterocycles. The van der Waals surface area contributed by atoms with Crippen LogP contribution in [-0.4, -0.2) is 33.6 Å². The number of aliphatic hydroxyl groups excluding tert-OH is 3. The van der Waals surface area contributed by atoms with Crippen LogP contribution in [0, 0.1) is 29.1 Å². The Bertz CT molecular complexity index is 743. The Balaban J connectivity index is 1.48. The number of aliphatic hydroxyl groups is 3. The molecule has 166 valence electrons. The zero-order chi connectivity index (χ0) is 21.5. The van der Waals surface area contributed by atoms with E-state index in [9.17, 15) is 15.3 Å². The standard InChI is InChI=1S/C27H40O3/c1-17(6-13-25(29)20-8-9-20)23-11-12-24-19(5-4-14-27(23,24)3)7-10-21-15-22(28)16-26(30)18(21)2/h6-7,10,13,17,20,22-26,28-30H,2,4-5,8-9,11-12,14-16H2,1,3H3/b13-6+,19-7+,21-10+/t17-,22-,23-,24+,25+,26-,27-/m1/s1. The van der Waals surface area contributed by atoms with Crippen molar-refractivity contribution in [3.8, 4) is 0 Å². The summed E-state index contributed by atoms with van der Waals surface area (Å²) < 4.78 is 0. The lowest BCUT2D eigenvalue weighted by Crippen LogP contribution is -2.35. The molecule has 0 aromatic rings. The first-order valence-electron chi connectivity index (χ1n) is 12.1. The number of rotatable bonds is 5. The van der Waals surface area contributed by atoms with Gasteiger partial charge < -0.3 is 15.3 Å². The highest BCUT2D eigenvalue weighted by Gasteiger charge is 2.50. The molecule has 4 saturated carbocycles. The van der Waals surface area contributed by atoms with Gasteiger partial charge in [-0.25, -0.2) is 0 Å². The van der Waals surface area contributed by atoms with E-state index in [0.29, 0.717) is 41.9 Å². The van der Waals surface area contributed by atoms with E-state index in [1.807, 2.05) is 0 Å². The predicted molar refractivity (Wildman–Crippen MR) is 122 cm³/mol. The van der Waals surface area contributed by atoms with Crippen LogP contribution in [-0.2, 0) is 0 Å². The first-order chi connectivity index (χ1) is 14.3. The lowest BCUT2D eigenvalue weighted by Gasteiger charge is -2.44. The third-order valence-electron chi connectivity index (χ3n) is 8.65. The lowest BCUT2D eigenvalue weighted by molar-refractivity contribution is 0.0862. The van der Waals surface area contributed by atoms with Crippen molar-refractivity contribution in [2.45, 2.75) is 89.9 Å². The minimum absolute atomic E-state index is 0.250. The van der Waals surface area contributed by atoms with Crippen LogP contribution in [0.25, 0.3) is 0 Å². The average molecular weight is 413 g/mol. The molecule has 3 heteroatoms. The van der Waals surface area contributed by atoms with Gasteiger partial charge in [0.25, 0.3) is 0 Å². The zero-order valence-electron chi connectivity index (χ0n) is 18.8. The summed E-state index contributed by atoms with van der Waals surface area (Å²) in [6, 6.07) is 0. The van der Waals surface area contributed by atoms with Crippen molar-refractivity contribution in [1.29, 1.82) is 0 Å². The second kappa shape index (κ2) is 8.76. The number of allylic oxidation sites excluding steroid dienone is 4. The van der Waals surface area contributed by atoms with Gasteiger partial charge in [0.15, 0.2) is 0 Å². The Morgan fingerprint density at radius 1 is 1.10 bits per heavy atom. The molecule has 4 rings (SSSR count). The molecule has 4 aliphatic carbocycles. The summed E-state index contributed by atoms with van der Waals surface area (Å²) >= 11 is 0. The molecule has 0 aromatic carbocycles. The highest BCUT2D eigenvalue weighted by Crippen LogP contribution is 2.59. The summed E-state index contributed by atoms with van der Waals surface area (Å²) in [5.74, 6) is 2.28. The van der Waals surface area contributed by atoms with E-state index in [4.69, 9.17) is 0 Å². The fourth-order valence-electron chi connectivity index (χ4n) is 6.63. The first kappa shape index (κ1) is 22.0. The Morgan fingerprint density at radius 3 is 2.60 bits per heavy atom. The van der Waals surface area contributed by atoms with Crippen molar-refractivity contribution < 1.29 is 15.3 Å². The van der Waals surface area contributed by atoms with E-state index >= 15 is 0 Å². The van der Waals surface area contributed by atoms with Crippen molar-refractivity contribution >= 4 is 0 Å². The van der Waals surface area contributed by atoms with Gasteiger partial charge in [0.2, 0.25) is 0 Å². The summed E-state index contributed by atoms with van der Waals surface area (Å²) in [4.78, 5) is 0. The third-order valence-corrected chi connectivity index (χ3v) is 8.65. The zero-order valence-corrected chi connectivity index (χ0v) is 18.8. The minimum Gasteiger partial charge on any atom is -0.393 e. The molecule has 0 spiro atoms. The maximum Gasteiger partial charge on any atom is 0.0811 e. The average Bonchev–Trinajstić information content (AvgIpc) is 3.49. The summed E-state index contributed by atoms with van der Waals surface area (Å²) in [6.45, 7) is 8.88. The van der Waals surface area contributed by atoms with E-state index in [-0.39, 0.29) is 6.10 Å². The maximum absolute atomic E-state index is 10.2. The van der Waals surface area contributed by atoms with Gasteiger partial charge in [-0.05, 0) is 91.6 Å². The quantitative estimate of drug-likeness (QED) is 0.551. The molecule has 0 saturated heterocycles. The molecule has 0 radical (unpaired) electrons. The SMILES string of the molecule is C=C1/C(=C/C=C2\CCC[C@]3(C)[C@@H]([C@H](C)/C=C/[C@H](O)C4CC4)CC[C@@H]23)C[C@@H](O)C[C@H]1O. The van der Waals surface area contributed by atoms with Crippen LogP contribution in [0.2, 0.25) is 0 Å². The second-order valence-electron chi connectivity index (χ2n) is 10.7. The van der Waals surface area contributed by atoms with E-state index < -0.39 is 12.2 Å². The first-order valence-corrected chi connectivity index (χ1v) is 12.1. The molecule has 0 aromatic heterocycles. The Hall–Kier alpha value is -1.16. The molecule has 4 aliphatic rings. The summed E-state index contributed by atoms with van der Waals surface area (Å²) in [7, 11) is 0. The highest BCUT2D eigenvalue weighted by molar-refractivity contribution is 5.38. The van der Waals surface area contributed by atoms with Crippen molar-refractivity contribution in [2.24, 2.45) is 29.1 Å². The summed E-state index contributed by atoms with van der Waals surface area (Å²) in [5.41, 5.74) is 3.63. The van der Waals surface area contributed by atoms with Crippen LogP contribution in [0.5, 0.6) is 0 Å². The van der Waals surface area contributed by atoms with Crippen LogP contribution in [0.4, 0.5) is 0 Å². The van der Waals surface area contributed by atoms with Gasteiger partial charge in [0.05, 0.1) is 18.3 Å². The van der Waals surface area contributed by atoms with Crippen LogP contribution >= 0.6 is 0 Å². The van der Waals surface area contributed by atoms with Gasteiger partial charge in [-0.2, -0.15) is 0 Å². The van der Waals surface area contributed by atoms with Gasteiger partial charge in [-0.15, -0.1) is 0 Å². The van der Waals surface area contributed by atoms with Gasteiger partial charge in [-0.1, -0.05) is 50.3 Å². The Kier molecular flexibility index (Phi) is 6.44. The Labute approximate surface area is 182 Å². The normalized spacial score (nSPS) is 42.1. The highest BCUT2D eigenvalue weighted by atomic mass is 16.3. The topological polar surface area (TPSA) is 60.7 Å². The van der Waals surface area contributed by atoms with E-state index in [0.717, 1.165) is 17.6 Å². The fourth-order valence-corrected chi connectivity index (χ4v) is 6.63. The summed E-state index contributed by atoms with van der Waals surface area (Å²) in [5, 5.41) is 30.4. The van der Waals surface area contributed by atoms with Crippen LogP contribution in [0.15, 0.2) is 47.6 Å². The molecule has 3 N–H and O–H groups in total. The number of hydrogen-bond donors (Lipinski definition) is 3. The molecule has 0 amide bonds. The van der Waals surface area contributed by atoms with Crippen molar-refractivity contribution in [2.75, 3.05) is 0 Å². The number of hydrogen-bond acceptors (Lipinski definition) is 3. The van der Waals surface area contributed by atoms with Gasteiger partial charge in [-0.3, -0.25) is 0 Å².